The monoisotopic (exact) mass is 737 g/mol. The number of halogens is 1. The first-order valence-electron chi connectivity index (χ1n) is 17.2. The average molecular weight is 738 g/mol. The molecule has 3 N–H and O–H groups in total. The molecule has 1 unspecified atom stereocenters. The van der Waals surface area contributed by atoms with E-state index in [2.05, 4.69) is 20.3 Å². The van der Waals surface area contributed by atoms with Gasteiger partial charge in [-0.3, -0.25) is 14.4 Å². The number of anilines is 3. The lowest BCUT2D eigenvalue weighted by Crippen LogP contribution is -2.35. The number of hydrogen-bond acceptors (Lipinski definition) is 8. The first-order chi connectivity index (χ1) is 24.1. The molecule has 3 aromatic carbocycles. The number of ketones is 1. The summed E-state index contributed by atoms with van der Waals surface area (Å²) >= 11 is 6.51. The Hall–Kier alpha value is -4.26. The summed E-state index contributed by atoms with van der Waals surface area (Å²) in [6.07, 6.45) is 2.70. The Morgan fingerprint density at radius 3 is 2.27 bits per heavy atom. The van der Waals surface area contributed by atoms with Crippen molar-refractivity contribution in [3.63, 3.8) is 0 Å². The number of amides is 2. The maximum Gasteiger partial charge on any atom is 0.278 e. The standard InChI is InChI=1S/C38H48ClN5O6S/c1-8-32(50-33-16-11-24(4)21-26(33)6)36(46)41-27-12-14-29(39)31(23-27)43-37(47)34(35(45)38(9-2)17-18-38)42-30-15-13-28(22-25(30)5)44(10-3)20-19-40-51(7,48)49/h11-16,21-23,32,40H,8-10,17-20H2,1-7H3,(H,41,46)(H,43,47). The molecule has 1 saturated carbocycles. The highest BCUT2D eigenvalue weighted by Crippen LogP contribution is 2.50. The number of rotatable bonds is 17. The third kappa shape index (κ3) is 10.4. The van der Waals surface area contributed by atoms with Crippen LogP contribution in [-0.4, -0.2) is 63.7 Å². The number of aryl methyl sites for hydroxylation is 3. The molecule has 0 aliphatic heterocycles. The quantitative estimate of drug-likeness (QED) is 0.101. The molecule has 51 heavy (non-hydrogen) atoms. The lowest BCUT2D eigenvalue weighted by molar-refractivity contribution is -0.123. The number of likely N-dealkylation sites (N-methyl/N-ethyl adjacent to an activating group) is 1. The summed E-state index contributed by atoms with van der Waals surface area (Å²) in [6, 6.07) is 16.0. The molecule has 4 rings (SSSR count). The highest BCUT2D eigenvalue weighted by molar-refractivity contribution is 7.88. The van der Waals surface area contributed by atoms with Crippen LogP contribution in [0.25, 0.3) is 0 Å². The van der Waals surface area contributed by atoms with E-state index in [-0.39, 0.29) is 34.7 Å². The molecule has 1 aliphatic rings. The molecule has 11 nitrogen and oxygen atoms in total. The Bertz CT molecular complexity index is 1930. The van der Waals surface area contributed by atoms with Gasteiger partial charge in [-0.15, -0.1) is 0 Å². The number of hydrogen-bond donors (Lipinski definition) is 3. The second kappa shape index (κ2) is 16.8. The normalized spacial score (nSPS) is 14.4. The summed E-state index contributed by atoms with van der Waals surface area (Å²) in [7, 11) is -3.31. The van der Waals surface area contributed by atoms with Crippen LogP contribution in [0, 0.1) is 26.2 Å². The van der Waals surface area contributed by atoms with E-state index in [1.54, 1.807) is 18.2 Å². The first kappa shape index (κ1) is 39.5. The molecule has 1 atom stereocenters. The number of nitrogens with one attached hydrogen (secondary N) is 3. The van der Waals surface area contributed by atoms with E-state index < -0.39 is 27.4 Å². The van der Waals surface area contributed by atoms with Gasteiger partial charge in [0, 0.05) is 36.4 Å². The van der Waals surface area contributed by atoms with E-state index in [1.807, 2.05) is 76.8 Å². The summed E-state index contributed by atoms with van der Waals surface area (Å²) in [5.41, 5.74) is 3.78. The Balaban J connectivity index is 1.56. The second-order valence-corrected chi connectivity index (χ2v) is 15.3. The zero-order valence-corrected chi connectivity index (χ0v) is 31.9. The van der Waals surface area contributed by atoms with Gasteiger partial charge in [0.25, 0.3) is 11.8 Å². The van der Waals surface area contributed by atoms with Crippen LogP contribution < -0.4 is 25.0 Å². The van der Waals surface area contributed by atoms with Crippen LogP contribution >= 0.6 is 11.6 Å². The molecule has 3 aromatic rings. The van der Waals surface area contributed by atoms with Gasteiger partial charge in [0.2, 0.25) is 10.0 Å². The van der Waals surface area contributed by atoms with E-state index in [0.29, 0.717) is 55.9 Å². The van der Waals surface area contributed by atoms with Gasteiger partial charge in [-0.1, -0.05) is 43.1 Å². The molecule has 1 fully saturated rings. The number of aliphatic imine (C=N–C) groups is 1. The van der Waals surface area contributed by atoms with E-state index in [0.717, 1.165) is 28.6 Å². The number of nitrogens with zero attached hydrogens (tertiary/aromatic N) is 2. The third-order valence-corrected chi connectivity index (χ3v) is 10.2. The van der Waals surface area contributed by atoms with Crippen LogP contribution in [0.5, 0.6) is 5.75 Å². The van der Waals surface area contributed by atoms with E-state index in [1.165, 1.54) is 6.07 Å². The zero-order chi connectivity index (χ0) is 37.5. The molecule has 0 heterocycles. The number of ether oxygens (including phenoxy) is 1. The van der Waals surface area contributed by atoms with Gasteiger partial charge in [0.1, 0.15) is 5.75 Å². The molecular formula is C38H48ClN5O6S. The minimum absolute atomic E-state index is 0.206. The van der Waals surface area contributed by atoms with Gasteiger partial charge in [0.05, 0.1) is 22.7 Å². The summed E-state index contributed by atoms with van der Waals surface area (Å²) < 4.78 is 31.6. The highest BCUT2D eigenvalue weighted by Gasteiger charge is 2.50. The van der Waals surface area contributed by atoms with Crippen molar-refractivity contribution in [3.8, 4) is 5.75 Å². The number of carbonyl (C=O) groups is 3. The summed E-state index contributed by atoms with van der Waals surface area (Å²) in [6.45, 7) is 12.8. The fourth-order valence-electron chi connectivity index (χ4n) is 5.78. The zero-order valence-electron chi connectivity index (χ0n) is 30.4. The Labute approximate surface area is 306 Å². The Kier molecular flexibility index (Phi) is 13.0. The third-order valence-electron chi connectivity index (χ3n) is 9.09. The number of carbonyl (C=O) groups excluding carboxylic acids is 3. The second-order valence-electron chi connectivity index (χ2n) is 13.1. The SMILES string of the molecule is CCC(Oc1ccc(C)cc1C)C(=O)Nc1ccc(Cl)c(NC(=O)C(=Nc2ccc(N(CC)CCNS(C)(=O)=O)cc2C)C(=O)C2(CC)CC2)c1. The predicted octanol–water partition coefficient (Wildman–Crippen LogP) is 6.91. The molecule has 0 aromatic heterocycles. The van der Waals surface area contributed by atoms with Crippen LogP contribution in [0.4, 0.5) is 22.7 Å². The highest BCUT2D eigenvalue weighted by atomic mass is 35.5. The molecule has 0 bridgehead atoms. The Morgan fingerprint density at radius 1 is 0.961 bits per heavy atom. The lowest BCUT2D eigenvalue weighted by Gasteiger charge is -2.24. The van der Waals surface area contributed by atoms with Crippen LogP contribution in [0.3, 0.4) is 0 Å². The number of benzene rings is 3. The van der Waals surface area contributed by atoms with Crippen molar-refractivity contribution in [2.75, 3.05) is 41.4 Å². The Morgan fingerprint density at radius 2 is 1.69 bits per heavy atom. The predicted molar refractivity (Wildman–Crippen MR) is 205 cm³/mol. The lowest BCUT2D eigenvalue weighted by atomic mass is 9.93. The van der Waals surface area contributed by atoms with Crippen LogP contribution in [0.2, 0.25) is 5.02 Å². The van der Waals surface area contributed by atoms with E-state index in [4.69, 9.17) is 16.3 Å². The maximum absolute atomic E-state index is 13.9. The number of sulfonamides is 1. The van der Waals surface area contributed by atoms with Crippen molar-refractivity contribution in [2.24, 2.45) is 10.4 Å². The van der Waals surface area contributed by atoms with Gasteiger partial charge in [-0.25, -0.2) is 18.1 Å². The molecule has 2 amide bonds. The van der Waals surface area contributed by atoms with E-state index in [9.17, 15) is 22.8 Å². The van der Waals surface area contributed by atoms with Crippen LogP contribution in [-0.2, 0) is 24.4 Å². The average Bonchev–Trinajstić information content (AvgIpc) is 3.88. The molecular weight excluding hydrogens is 690 g/mol. The fraction of sp³-hybridized carbons (Fsp3) is 0.421. The molecule has 0 radical (unpaired) electrons. The minimum atomic E-state index is -3.31. The fourth-order valence-corrected chi connectivity index (χ4v) is 6.40. The summed E-state index contributed by atoms with van der Waals surface area (Å²) in [5, 5.41) is 5.84. The molecule has 0 spiro atoms. The molecule has 274 valence electrons. The molecule has 0 saturated heterocycles. The number of Topliss-reactive ketones (excluding diaryl/α,β-unsaturated/α-hetero) is 1. The summed E-state index contributed by atoms with van der Waals surface area (Å²) in [5.74, 6) is -0.776. The van der Waals surface area contributed by atoms with Gasteiger partial charge in [-0.2, -0.15) is 0 Å². The van der Waals surface area contributed by atoms with Gasteiger partial charge >= 0.3 is 0 Å². The van der Waals surface area contributed by atoms with Crippen molar-refractivity contribution in [1.29, 1.82) is 0 Å². The maximum atomic E-state index is 13.9. The smallest absolute Gasteiger partial charge is 0.278 e. The van der Waals surface area contributed by atoms with Crippen LogP contribution in [0.15, 0.2) is 59.6 Å². The van der Waals surface area contributed by atoms with E-state index >= 15 is 0 Å². The summed E-state index contributed by atoms with van der Waals surface area (Å²) in [4.78, 5) is 47.7. The van der Waals surface area contributed by atoms with Crippen LogP contribution in [0.1, 0.15) is 63.1 Å². The van der Waals surface area contributed by atoms with Crippen molar-refractivity contribution >= 4 is 67.7 Å². The van der Waals surface area contributed by atoms with Gasteiger partial charge in [-0.05, 0) is 107 Å². The van der Waals surface area contributed by atoms with Crippen molar-refractivity contribution in [1.82, 2.24) is 4.72 Å². The molecule has 13 heteroatoms. The largest absolute Gasteiger partial charge is 0.480 e. The van der Waals surface area contributed by atoms with Gasteiger partial charge < -0.3 is 20.3 Å². The van der Waals surface area contributed by atoms with Crippen molar-refractivity contribution < 1.29 is 27.5 Å². The first-order valence-corrected chi connectivity index (χ1v) is 19.5. The van der Waals surface area contributed by atoms with Crippen molar-refractivity contribution in [2.45, 2.75) is 73.3 Å². The molecule has 1 aliphatic carbocycles. The minimum Gasteiger partial charge on any atom is -0.480 e. The topological polar surface area (TPSA) is 146 Å². The van der Waals surface area contributed by atoms with Gasteiger partial charge in [0.15, 0.2) is 17.6 Å². The van der Waals surface area contributed by atoms with Crippen molar-refractivity contribution in [3.05, 3.63) is 76.3 Å².